The van der Waals surface area contributed by atoms with Crippen molar-refractivity contribution in [3.63, 3.8) is 0 Å². The number of aliphatic hydroxyl groups excluding tert-OH is 1. The van der Waals surface area contributed by atoms with Crippen LogP contribution in [0.3, 0.4) is 0 Å². The maximum atomic E-state index is 13.3. The summed E-state index contributed by atoms with van der Waals surface area (Å²) in [6.07, 6.45) is -2.45. The van der Waals surface area contributed by atoms with Crippen LogP contribution < -0.4 is 0 Å². The second-order valence-corrected chi connectivity index (χ2v) is 5.69. The van der Waals surface area contributed by atoms with Crippen LogP contribution in [0.15, 0.2) is 48.8 Å². The lowest BCUT2D eigenvalue weighted by Gasteiger charge is -2.27. The van der Waals surface area contributed by atoms with E-state index in [2.05, 4.69) is 4.98 Å². The van der Waals surface area contributed by atoms with Crippen molar-refractivity contribution in [2.75, 3.05) is 6.54 Å². The van der Waals surface area contributed by atoms with E-state index in [0.717, 1.165) is 6.07 Å². The molecule has 1 fully saturated rings. The minimum absolute atomic E-state index is 0.00112. The predicted octanol–water partition coefficient (Wildman–Crippen LogP) is 3.05. The summed E-state index contributed by atoms with van der Waals surface area (Å²) in [7, 11) is 0. The Balaban J connectivity index is 1.99. The Bertz CT molecular complexity index is 734. The number of rotatable bonds is 2. The van der Waals surface area contributed by atoms with Gasteiger partial charge >= 0.3 is 6.18 Å². The molecule has 0 spiro atoms. The number of aromatic nitrogens is 1. The van der Waals surface area contributed by atoms with Crippen LogP contribution in [-0.4, -0.2) is 33.5 Å². The molecule has 2 atom stereocenters. The van der Waals surface area contributed by atoms with Crippen LogP contribution in [0.4, 0.5) is 13.2 Å². The number of benzene rings is 1. The molecule has 1 aliphatic heterocycles. The Morgan fingerprint density at radius 3 is 2.62 bits per heavy atom. The molecular weight excluding hydrogens is 321 g/mol. The molecule has 3 rings (SSSR count). The van der Waals surface area contributed by atoms with Gasteiger partial charge in [0.2, 0.25) is 0 Å². The smallest absolute Gasteiger partial charge is 0.391 e. The lowest BCUT2D eigenvalue weighted by Crippen LogP contribution is -2.32. The highest BCUT2D eigenvalue weighted by molar-refractivity contribution is 5.94. The van der Waals surface area contributed by atoms with E-state index in [0.29, 0.717) is 0 Å². The van der Waals surface area contributed by atoms with E-state index in [1.807, 2.05) is 0 Å². The number of nitrogens with zero attached hydrogens (tertiary/aromatic N) is 2. The highest BCUT2D eigenvalue weighted by atomic mass is 19.4. The number of carbonyl (C=O) groups excluding carboxylic acids is 1. The maximum absolute atomic E-state index is 13.3. The molecule has 2 heterocycles. The van der Waals surface area contributed by atoms with Crippen molar-refractivity contribution in [3.8, 4) is 0 Å². The molecule has 24 heavy (non-hydrogen) atoms. The van der Waals surface area contributed by atoms with Crippen molar-refractivity contribution in [1.82, 2.24) is 9.88 Å². The molecule has 126 valence electrons. The minimum atomic E-state index is -4.52. The summed E-state index contributed by atoms with van der Waals surface area (Å²) in [5, 5.41) is 9.93. The SMILES string of the molecule is O=C(c1cccnc1)N1C[C@@H](O)C[C@@H]1c1ccccc1C(F)(F)F. The molecule has 4 nitrogen and oxygen atoms in total. The number of carbonyl (C=O) groups is 1. The first kappa shape index (κ1) is 16.4. The highest BCUT2D eigenvalue weighted by Crippen LogP contribution is 2.40. The molecule has 1 amide bonds. The standard InChI is InChI=1S/C17H15F3N2O2/c18-17(19,20)14-6-2-1-5-13(14)15-8-12(23)10-22(15)16(24)11-4-3-7-21-9-11/h1-7,9,12,15,23H,8,10H2/t12-,15+/m0/s1. The van der Waals surface area contributed by atoms with E-state index in [1.54, 1.807) is 12.1 Å². The summed E-state index contributed by atoms with van der Waals surface area (Å²) in [5.41, 5.74) is -0.507. The fourth-order valence-corrected chi connectivity index (χ4v) is 3.03. The van der Waals surface area contributed by atoms with Crippen molar-refractivity contribution < 1.29 is 23.1 Å². The molecule has 1 saturated heterocycles. The van der Waals surface area contributed by atoms with Gasteiger partial charge in [0.1, 0.15) is 0 Å². The van der Waals surface area contributed by atoms with Gasteiger partial charge in [0.15, 0.2) is 0 Å². The number of β-amino-alcohol motifs (C(OH)–C–C–N with tert-alkyl or cyclic N) is 1. The minimum Gasteiger partial charge on any atom is -0.391 e. The van der Waals surface area contributed by atoms with Crippen LogP contribution in [0.2, 0.25) is 0 Å². The fourth-order valence-electron chi connectivity index (χ4n) is 3.03. The molecule has 1 N–H and O–H groups in total. The van der Waals surface area contributed by atoms with Crippen LogP contribution in [0.5, 0.6) is 0 Å². The molecule has 1 aromatic carbocycles. The lowest BCUT2D eigenvalue weighted by molar-refractivity contribution is -0.138. The molecule has 1 aliphatic rings. The van der Waals surface area contributed by atoms with Gasteiger partial charge < -0.3 is 10.0 Å². The van der Waals surface area contributed by atoms with Crippen molar-refractivity contribution in [3.05, 3.63) is 65.5 Å². The third kappa shape index (κ3) is 3.12. The van der Waals surface area contributed by atoms with E-state index >= 15 is 0 Å². The molecule has 0 saturated carbocycles. The Kier molecular flexibility index (Phi) is 4.28. The number of aliphatic hydroxyl groups is 1. The van der Waals surface area contributed by atoms with Crippen LogP contribution in [-0.2, 0) is 6.18 Å². The van der Waals surface area contributed by atoms with Crippen LogP contribution in [0, 0.1) is 0 Å². The quantitative estimate of drug-likeness (QED) is 0.917. The number of hydrogen-bond donors (Lipinski definition) is 1. The first-order valence-corrected chi connectivity index (χ1v) is 7.43. The van der Waals surface area contributed by atoms with Gasteiger partial charge in [-0.05, 0) is 30.2 Å². The first-order valence-electron chi connectivity index (χ1n) is 7.43. The van der Waals surface area contributed by atoms with Crippen molar-refractivity contribution in [1.29, 1.82) is 0 Å². The lowest BCUT2D eigenvalue weighted by atomic mass is 9.97. The normalized spacial score (nSPS) is 21.1. The monoisotopic (exact) mass is 336 g/mol. The van der Waals surface area contributed by atoms with Gasteiger partial charge in [0.05, 0.1) is 23.3 Å². The Labute approximate surface area is 136 Å². The number of amides is 1. The molecule has 0 bridgehead atoms. The molecule has 2 aromatic rings. The fraction of sp³-hybridized carbons (Fsp3) is 0.294. The molecule has 7 heteroatoms. The molecule has 0 radical (unpaired) electrons. The van der Waals surface area contributed by atoms with E-state index in [1.165, 1.54) is 35.5 Å². The van der Waals surface area contributed by atoms with E-state index in [4.69, 9.17) is 0 Å². The van der Waals surface area contributed by atoms with Gasteiger partial charge in [0, 0.05) is 18.9 Å². The zero-order valence-corrected chi connectivity index (χ0v) is 12.6. The van der Waals surface area contributed by atoms with Crippen molar-refractivity contribution in [2.45, 2.75) is 24.7 Å². The number of halogens is 3. The van der Waals surface area contributed by atoms with Gasteiger partial charge in [0.25, 0.3) is 5.91 Å². The molecule has 0 unspecified atom stereocenters. The molecular formula is C17H15F3N2O2. The summed E-state index contributed by atoms with van der Waals surface area (Å²) in [5.74, 6) is -0.443. The van der Waals surface area contributed by atoms with Gasteiger partial charge in [-0.15, -0.1) is 0 Å². The summed E-state index contributed by atoms with van der Waals surface area (Å²) in [6, 6.07) is 7.46. The third-order valence-corrected chi connectivity index (χ3v) is 4.07. The number of hydrogen-bond acceptors (Lipinski definition) is 3. The Hall–Kier alpha value is -2.41. The van der Waals surface area contributed by atoms with Crippen molar-refractivity contribution in [2.24, 2.45) is 0 Å². The van der Waals surface area contributed by atoms with Gasteiger partial charge in [-0.25, -0.2) is 0 Å². The third-order valence-electron chi connectivity index (χ3n) is 4.07. The predicted molar refractivity (Wildman–Crippen MR) is 80.1 cm³/mol. The summed E-state index contributed by atoms with van der Waals surface area (Å²) in [4.78, 5) is 17.8. The largest absolute Gasteiger partial charge is 0.416 e. The first-order chi connectivity index (χ1) is 11.4. The van der Waals surface area contributed by atoms with Crippen LogP contribution in [0.25, 0.3) is 0 Å². The summed E-state index contributed by atoms with van der Waals surface area (Å²) in [6.45, 7) is -0.00934. The zero-order valence-electron chi connectivity index (χ0n) is 12.6. The Morgan fingerprint density at radius 1 is 1.21 bits per heavy atom. The van der Waals surface area contributed by atoms with Gasteiger partial charge in [-0.3, -0.25) is 9.78 Å². The van der Waals surface area contributed by atoms with Crippen LogP contribution in [0.1, 0.15) is 33.9 Å². The number of alkyl halides is 3. The second-order valence-electron chi connectivity index (χ2n) is 5.69. The topological polar surface area (TPSA) is 53.4 Å². The highest BCUT2D eigenvalue weighted by Gasteiger charge is 2.41. The Morgan fingerprint density at radius 2 is 1.96 bits per heavy atom. The average Bonchev–Trinajstić information content (AvgIpc) is 2.96. The van der Waals surface area contributed by atoms with E-state index in [9.17, 15) is 23.1 Å². The molecule has 1 aromatic heterocycles. The van der Waals surface area contributed by atoms with Crippen LogP contribution >= 0.6 is 0 Å². The second kappa shape index (κ2) is 6.24. The summed E-state index contributed by atoms with van der Waals surface area (Å²) < 4.78 is 39.8. The maximum Gasteiger partial charge on any atom is 0.416 e. The average molecular weight is 336 g/mol. The van der Waals surface area contributed by atoms with E-state index < -0.39 is 29.8 Å². The van der Waals surface area contributed by atoms with E-state index in [-0.39, 0.29) is 24.1 Å². The van der Waals surface area contributed by atoms with Gasteiger partial charge in [-0.2, -0.15) is 13.2 Å². The number of likely N-dealkylation sites (tertiary alicyclic amines) is 1. The summed E-state index contributed by atoms with van der Waals surface area (Å²) >= 11 is 0. The zero-order chi connectivity index (χ0) is 17.3. The van der Waals surface area contributed by atoms with Crippen molar-refractivity contribution >= 4 is 5.91 Å². The number of pyridine rings is 1. The van der Waals surface area contributed by atoms with Gasteiger partial charge in [-0.1, -0.05) is 18.2 Å². The molecule has 0 aliphatic carbocycles.